The van der Waals surface area contributed by atoms with Crippen molar-refractivity contribution in [3.05, 3.63) is 59.0 Å². The van der Waals surface area contributed by atoms with Crippen LogP contribution in [0.5, 0.6) is 5.75 Å². The van der Waals surface area contributed by atoms with Gasteiger partial charge in [-0.15, -0.1) is 0 Å². The Morgan fingerprint density at radius 1 is 1.30 bits per heavy atom. The summed E-state index contributed by atoms with van der Waals surface area (Å²) in [6, 6.07) is 8.72. The standard InChI is InChI=1S/C22H22F2N4O2/c1-22(2)10-16(13-5-3-4-6-18(13)30-22)27-21(29)14-11-25-28-17(19(23)24)9-15(12-7-8-12)26-20(14)28/h3-6,9,11-12,16,19H,7-8,10H2,1-2H3,(H,27,29)/t16-/m1/s1. The number of carbonyl (C=O) groups is 1. The van der Waals surface area contributed by atoms with E-state index in [-0.39, 0.29) is 34.8 Å². The van der Waals surface area contributed by atoms with E-state index >= 15 is 0 Å². The summed E-state index contributed by atoms with van der Waals surface area (Å²) in [6.07, 6.45) is 1.05. The van der Waals surface area contributed by atoms with E-state index in [0.29, 0.717) is 12.1 Å². The van der Waals surface area contributed by atoms with Crippen LogP contribution in [0.15, 0.2) is 36.5 Å². The Morgan fingerprint density at radius 2 is 2.07 bits per heavy atom. The van der Waals surface area contributed by atoms with Crippen molar-refractivity contribution in [3.63, 3.8) is 0 Å². The molecule has 1 N–H and O–H groups in total. The number of nitrogens with zero attached hydrogens (tertiary/aromatic N) is 3. The van der Waals surface area contributed by atoms with E-state index in [2.05, 4.69) is 15.4 Å². The third-order valence-corrected chi connectivity index (χ3v) is 5.66. The van der Waals surface area contributed by atoms with Crippen LogP contribution < -0.4 is 10.1 Å². The van der Waals surface area contributed by atoms with Gasteiger partial charge in [0, 0.05) is 23.6 Å². The molecule has 8 heteroatoms. The molecular formula is C22H22F2N4O2. The van der Waals surface area contributed by atoms with Gasteiger partial charge in [-0.1, -0.05) is 18.2 Å². The Kier molecular flexibility index (Phi) is 4.27. The molecule has 2 aromatic heterocycles. The lowest BCUT2D eigenvalue weighted by atomic mass is 9.89. The van der Waals surface area contributed by atoms with Gasteiger partial charge in [-0.2, -0.15) is 5.10 Å². The topological polar surface area (TPSA) is 68.5 Å². The van der Waals surface area contributed by atoms with Gasteiger partial charge < -0.3 is 10.1 Å². The minimum atomic E-state index is -2.70. The van der Waals surface area contributed by atoms with Crippen LogP contribution in [-0.2, 0) is 0 Å². The molecule has 5 rings (SSSR count). The molecule has 0 bridgehead atoms. The van der Waals surface area contributed by atoms with Crippen molar-refractivity contribution in [3.8, 4) is 5.75 Å². The van der Waals surface area contributed by atoms with E-state index in [0.717, 1.165) is 28.7 Å². The van der Waals surface area contributed by atoms with Gasteiger partial charge in [-0.25, -0.2) is 18.3 Å². The van der Waals surface area contributed by atoms with Crippen LogP contribution in [-0.4, -0.2) is 26.1 Å². The highest BCUT2D eigenvalue weighted by Crippen LogP contribution is 2.41. The number of alkyl halides is 2. The predicted molar refractivity (Wildman–Crippen MR) is 106 cm³/mol. The van der Waals surface area contributed by atoms with Crippen molar-refractivity contribution in [1.82, 2.24) is 19.9 Å². The van der Waals surface area contributed by atoms with E-state index < -0.39 is 12.0 Å². The molecule has 1 aliphatic carbocycles. The summed E-state index contributed by atoms with van der Waals surface area (Å²) in [5.74, 6) is 0.526. The van der Waals surface area contributed by atoms with Gasteiger partial charge in [0.2, 0.25) is 0 Å². The summed E-state index contributed by atoms with van der Waals surface area (Å²) < 4.78 is 34.3. The number of carbonyl (C=O) groups excluding carboxylic acids is 1. The number of aromatic nitrogens is 3. The molecule has 1 aliphatic heterocycles. The van der Waals surface area contributed by atoms with Crippen LogP contribution in [0.1, 0.15) is 78.8 Å². The number of benzene rings is 1. The highest BCUT2D eigenvalue weighted by Gasteiger charge is 2.35. The fourth-order valence-corrected chi connectivity index (χ4v) is 4.08. The van der Waals surface area contributed by atoms with Gasteiger partial charge in [-0.05, 0) is 38.8 Å². The molecule has 1 aromatic carbocycles. The van der Waals surface area contributed by atoms with Crippen molar-refractivity contribution >= 4 is 11.6 Å². The van der Waals surface area contributed by atoms with Gasteiger partial charge in [-0.3, -0.25) is 4.79 Å². The largest absolute Gasteiger partial charge is 0.487 e. The summed E-state index contributed by atoms with van der Waals surface area (Å²) >= 11 is 0. The molecule has 0 saturated heterocycles. The summed E-state index contributed by atoms with van der Waals surface area (Å²) in [4.78, 5) is 17.7. The SMILES string of the molecule is CC1(C)C[C@@H](NC(=O)c2cnn3c(C(F)F)cc(C4CC4)nc23)c2ccccc2O1. The van der Waals surface area contributed by atoms with Crippen LogP contribution in [0.25, 0.3) is 5.65 Å². The van der Waals surface area contributed by atoms with E-state index in [1.165, 1.54) is 12.3 Å². The third kappa shape index (κ3) is 3.30. The van der Waals surface area contributed by atoms with Gasteiger partial charge >= 0.3 is 0 Å². The molecule has 3 aromatic rings. The minimum Gasteiger partial charge on any atom is -0.487 e. The monoisotopic (exact) mass is 412 g/mol. The number of nitrogens with one attached hydrogen (secondary N) is 1. The average Bonchev–Trinajstić information content (AvgIpc) is 3.45. The third-order valence-electron chi connectivity index (χ3n) is 5.66. The van der Waals surface area contributed by atoms with Crippen LogP contribution in [0.3, 0.4) is 0 Å². The summed E-state index contributed by atoms with van der Waals surface area (Å²) in [5.41, 5.74) is 1.17. The lowest BCUT2D eigenvalue weighted by Crippen LogP contribution is -2.41. The van der Waals surface area contributed by atoms with E-state index in [4.69, 9.17) is 4.74 Å². The molecular weight excluding hydrogens is 390 g/mol. The normalized spacial score (nSPS) is 20.1. The quantitative estimate of drug-likeness (QED) is 0.681. The molecule has 0 spiro atoms. The second-order valence-electron chi connectivity index (χ2n) is 8.60. The van der Waals surface area contributed by atoms with Crippen molar-refractivity contribution in [2.45, 2.75) is 57.1 Å². The maximum atomic E-state index is 13.6. The Morgan fingerprint density at radius 3 is 2.80 bits per heavy atom. The van der Waals surface area contributed by atoms with E-state index in [1.54, 1.807) is 0 Å². The second kappa shape index (κ2) is 6.75. The van der Waals surface area contributed by atoms with E-state index in [9.17, 15) is 13.6 Å². The van der Waals surface area contributed by atoms with Crippen LogP contribution in [0.2, 0.25) is 0 Å². The molecule has 6 nitrogen and oxygen atoms in total. The number of ether oxygens (including phenoxy) is 1. The summed E-state index contributed by atoms with van der Waals surface area (Å²) in [7, 11) is 0. The maximum Gasteiger partial charge on any atom is 0.280 e. The molecule has 30 heavy (non-hydrogen) atoms. The van der Waals surface area contributed by atoms with Gasteiger partial charge in [0.25, 0.3) is 12.3 Å². The first kappa shape index (κ1) is 19.0. The molecule has 2 aliphatic rings. The maximum absolute atomic E-state index is 13.6. The first-order chi connectivity index (χ1) is 14.3. The lowest BCUT2D eigenvalue weighted by Gasteiger charge is -2.37. The fourth-order valence-electron chi connectivity index (χ4n) is 4.08. The molecule has 0 radical (unpaired) electrons. The van der Waals surface area contributed by atoms with Crippen molar-refractivity contribution < 1.29 is 18.3 Å². The van der Waals surface area contributed by atoms with Gasteiger partial charge in [0.05, 0.1) is 12.2 Å². The highest BCUT2D eigenvalue weighted by atomic mass is 19.3. The molecule has 1 atom stereocenters. The zero-order valence-electron chi connectivity index (χ0n) is 16.7. The van der Waals surface area contributed by atoms with Crippen molar-refractivity contribution in [1.29, 1.82) is 0 Å². The summed E-state index contributed by atoms with van der Waals surface area (Å²) in [5, 5.41) is 7.07. The Labute approximate surface area is 172 Å². The van der Waals surface area contributed by atoms with Crippen molar-refractivity contribution in [2.75, 3.05) is 0 Å². The van der Waals surface area contributed by atoms with Crippen LogP contribution >= 0.6 is 0 Å². The van der Waals surface area contributed by atoms with Crippen LogP contribution in [0.4, 0.5) is 8.78 Å². The molecule has 1 amide bonds. The first-order valence-corrected chi connectivity index (χ1v) is 10.1. The zero-order valence-corrected chi connectivity index (χ0v) is 16.7. The average molecular weight is 412 g/mol. The minimum absolute atomic E-state index is 0.173. The smallest absolute Gasteiger partial charge is 0.280 e. The van der Waals surface area contributed by atoms with Crippen LogP contribution in [0, 0.1) is 0 Å². The van der Waals surface area contributed by atoms with Gasteiger partial charge in [0.1, 0.15) is 22.6 Å². The Bertz CT molecular complexity index is 1140. The van der Waals surface area contributed by atoms with Gasteiger partial charge in [0.15, 0.2) is 5.65 Å². The highest BCUT2D eigenvalue weighted by molar-refractivity contribution is 6.00. The van der Waals surface area contributed by atoms with Crippen molar-refractivity contribution in [2.24, 2.45) is 0 Å². The number of hydrogen-bond acceptors (Lipinski definition) is 4. The second-order valence-corrected chi connectivity index (χ2v) is 8.60. The summed E-state index contributed by atoms with van der Waals surface area (Å²) in [6.45, 7) is 3.94. The number of hydrogen-bond donors (Lipinski definition) is 1. The number of halogens is 2. The molecule has 156 valence electrons. The molecule has 0 unspecified atom stereocenters. The lowest BCUT2D eigenvalue weighted by molar-refractivity contribution is 0.0620. The first-order valence-electron chi connectivity index (χ1n) is 10.1. The molecule has 3 heterocycles. The Hall–Kier alpha value is -3.03. The molecule has 1 fully saturated rings. The Balaban J connectivity index is 1.51. The molecule has 1 saturated carbocycles. The number of fused-ring (bicyclic) bond motifs is 2. The fraction of sp³-hybridized carbons (Fsp3) is 0.409. The zero-order chi connectivity index (χ0) is 21.0. The predicted octanol–water partition coefficient (Wildman–Crippen LogP) is 4.58. The van der Waals surface area contributed by atoms with E-state index in [1.807, 2.05) is 38.1 Å². The number of amides is 1. The number of para-hydroxylation sites is 1. The number of rotatable bonds is 4.